The van der Waals surface area contributed by atoms with Crippen molar-refractivity contribution >= 4 is 11.6 Å². The minimum atomic E-state index is -0.902. The number of hydrogen-bond acceptors (Lipinski definition) is 5. The molecule has 6 heteroatoms. The maximum atomic E-state index is 12.2. The van der Waals surface area contributed by atoms with Gasteiger partial charge in [-0.2, -0.15) is 0 Å². The van der Waals surface area contributed by atoms with Crippen molar-refractivity contribution in [3.05, 3.63) is 23.8 Å². The van der Waals surface area contributed by atoms with E-state index in [1.165, 1.54) is 12.0 Å². The highest BCUT2D eigenvalue weighted by Gasteiger charge is 2.34. The second-order valence-electron chi connectivity index (χ2n) is 4.27. The van der Waals surface area contributed by atoms with E-state index in [9.17, 15) is 15.0 Å². The number of aliphatic hydroxyl groups excluding tert-OH is 2. The monoisotopic (exact) mass is 252 g/mol. The first-order valence-electron chi connectivity index (χ1n) is 5.62. The topological polar surface area (TPSA) is 96.0 Å². The molecule has 0 unspecified atom stereocenters. The number of ether oxygens (including phenoxy) is 1. The van der Waals surface area contributed by atoms with Gasteiger partial charge in [-0.1, -0.05) is 6.07 Å². The molecule has 1 aromatic carbocycles. The SMILES string of the molecule is COc1c(N)cccc1C(=O)N1C[C@@H](O)[C@@H](O)C1. The molecule has 0 bridgehead atoms. The lowest BCUT2D eigenvalue weighted by Crippen LogP contribution is -2.30. The van der Waals surface area contributed by atoms with E-state index in [0.29, 0.717) is 17.0 Å². The van der Waals surface area contributed by atoms with Crippen molar-refractivity contribution < 1.29 is 19.7 Å². The van der Waals surface area contributed by atoms with Crippen LogP contribution in [0.5, 0.6) is 5.75 Å². The number of amides is 1. The van der Waals surface area contributed by atoms with E-state index in [4.69, 9.17) is 10.5 Å². The van der Waals surface area contributed by atoms with E-state index >= 15 is 0 Å². The van der Waals surface area contributed by atoms with E-state index in [1.807, 2.05) is 0 Å². The first-order valence-corrected chi connectivity index (χ1v) is 5.62. The predicted octanol–water partition coefficient (Wildman–Crippen LogP) is -0.545. The van der Waals surface area contributed by atoms with Gasteiger partial charge in [-0.25, -0.2) is 0 Å². The number of para-hydroxylation sites is 1. The molecule has 0 aromatic heterocycles. The standard InChI is InChI=1S/C12H16N2O4/c1-18-11-7(3-2-4-8(11)13)12(17)14-5-9(15)10(16)6-14/h2-4,9-10,15-16H,5-6,13H2,1H3/t9-,10+. The van der Waals surface area contributed by atoms with Gasteiger partial charge in [-0.05, 0) is 12.1 Å². The predicted molar refractivity (Wildman–Crippen MR) is 65.3 cm³/mol. The summed E-state index contributed by atoms with van der Waals surface area (Å²) in [5.74, 6) is 0.00753. The number of aliphatic hydroxyl groups is 2. The maximum Gasteiger partial charge on any atom is 0.257 e. The fourth-order valence-electron chi connectivity index (χ4n) is 2.06. The van der Waals surface area contributed by atoms with Gasteiger partial charge in [-0.15, -0.1) is 0 Å². The molecule has 0 radical (unpaired) electrons. The number of β-amino-alcohol motifs (C(OH)–C–C–N with tert-alkyl or cyclic N) is 2. The Morgan fingerprint density at radius 1 is 1.39 bits per heavy atom. The number of benzene rings is 1. The molecule has 0 aliphatic carbocycles. The summed E-state index contributed by atoms with van der Waals surface area (Å²) < 4.78 is 5.11. The number of nitrogen functional groups attached to an aromatic ring is 1. The van der Waals surface area contributed by atoms with E-state index in [1.54, 1.807) is 18.2 Å². The molecule has 1 aliphatic heterocycles. The number of rotatable bonds is 2. The number of nitrogens with zero attached hydrogens (tertiary/aromatic N) is 1. The number of methoxy groups -OCH3 is 1. The Balaban J connectivity index is 2.27. The molecule has 1 aliphatic rings. The molecular weight excluding hydrogens is 236 g/mol. The van der Waals surface area contributed by atoms with Gasteiger partial charge >= 0.3 is 0 Å². The van der Waals surface area contributed by atoms with Crippen molar-refractivity contribution in [2.75, 3.05) is 25.9 Å². The molecule has 6 nitrogen and oxygen atoms in total. The number of carbonyl (C=O) groups excluding carboxylic acids is 1. The third-order valence-corrected chi connectivity index (χ3v) is 3.03. The zero-order valence-electron chi connectivity index (χ0n) is 10.0. The number of carbonyl (C=O) groups is 1. The summed E-state index contributed by atoms with van der Waals surface area (Å²) in [6, 6.07) is 4.91. The Hall–Kier alpha value is -1.79. The molecule has 0 spiro atoms. The average Bonchev–Trinajstić information content (AvgIpc) is 2.68. The summed E-state index contributed by atoms with van der Waals surface area (Å²) in [6.07, 6.45) is -1.80. The summed E-state index contributed by atoms with van der Waals surface area (Å²) in [5, 5.41) is 18.9. The summed E-state index contributed by atoms with van der Waals surface area (Å²) >= 11 is 0. The minimum absolute atomic E-state index is 0.109. The van der Waals surface area contributed by atoms with Gasteiger partial charge < -0.3 is 25.6 Å². The second kappa shape index (κ2) is 4.83. The molecule has 2 atom stereocenters. The van der Waals surface area contributed by atoms with Crippen LogP contribution < -0.4 is 10.5 Å². The van der Waals surface area contributed by atoms with Crippen molar-refractivity contribution in [2.45, 2.75) is 12.2 Å². The molecule has 1 fully saturated rings. The van der Waals surface area contributed by atoms with Gasteiger partial charge in [0.25, 0.3) is 5.91 Å². The van der Waals surface area contributed by atoms with Crippen LogP contribution in [0.2, 0.25) is 0 Å². The highest BCUT2D eigenvalue weighted by Crippen LogP contribution is 2.28. The van der Waals surface area contributed by atoms with Crippen molar-refractivity contribution in [2.24, 2.45) is 0 Å². The number of anilines is 1. The van der Waals surface area contributed by atoms with Crippen LogP contribution >= 0.6 is 0 Å². The van der Waals surface area contributed by atoms with Gasteiger partial charge in [-0.3, -0.25) is 4.79 Å². The Morgan fingerprint density at radius 2 is 2.00 bits per heavy atom. The fourth-order valence-corrected chi connectivity index (χ4v) is 2.06. The molecule has 1 saturated heterocycles. The van der Waals surface area contributed by atoms with Gasteiger partial charge in [0, 0.05) is 13.1 Å². The number of likely N-dealkylation sites (tertiary alicyclic amines) is 1. The Bertz CT molecular complexity index is 453. The fraction of sp³-hybridized carbons (Fsp3) is 0.417. The lowest BCUT2D eigenvalue weighted by molar-refractivity contribution is 0.0572. The van der Waals surface area contributed by atoms with E-state index < -0.39 is 12.2 Å². The van der Waals surface area contributed by atoms with Crippen LogP contribution in [-0.4, -0.2) is 53.4 Å². The van der Waals surface area contributed by atoms with Crippen molar-refractivity contribution in [1.29, 1.82) is 0 Å². The number of nitrogens with two attached hydrogens (primary N) is 1. The number of hydrogen-bond donors (Lipinski definition) is 3. The van der Waals surface area contributed by atoms with E-state index in [2.05, 4.69) is 0 Å². The molecule has 18 heavy (non-hydrogen) atoms. The zero-order chi connectivity index (χ0) is 13.3. The van der Waals surface area contributed by atoms with Crippen molar-refractivity contribution in [1.82, 2.24) is 4.90 Å². The summed E-state index contributed by atoms with van der Waals surface area (Å²) in [6.45, 7) is 0.218. The zero-order valence-corrected chi connectivity index (χ0v) is 10.0. The molecule has 0 saturated carbocycles. The normalized spacial score (nSPS) is 23.2. The maximum absolute atomic E-state index is 12.2. The molecule has 1 heterocycles. The quantitative estimate of drug-likeness (QED) is 0.614. The van der Waals surface area contributed by atoms with Crippen molar-refractivity contribution in [3.8, 4) is 5.75 Å². The van der Waals surface area contributed by atoms with Crippen molar-refractivity contribution in [3.63, 3.8) is 0 Å². The third-order valence-electron chi connectivity index (χ3n) is 3.03. The largest absolute Gasteiger partial charge is 0.494 e. The highest BCUT2D eigenvalue weighted by atomic mass is 16.5. The molecule has 1 aromatic rings. The second-order valence-corrected chi connectivity index (χ2v) is 4.27. The van der Waals surface area contributed by atoms with Crippen LogP contribution in [0, 0.1) is 0 Å². The van der Waals surface area contributed by atoms with Crippen LogP contribution in [0.15, 0.2) is 18.2 Å². The molecule has 98 valence electrons. The van der Waals surface area contributed by atoms with Crippen LogP contribution in [0.3, 0.4) is 0 Å². The highest BCUT2D eigenvalue weighted by molar-refractivity contribution is 5.98. The van der Waals surface area contributed by atoms with Gasteiger partial charge in [0.2, 0.25) is 0 Å². The smallest absolute Gasteiger partial charge is 0.257 e. The van der Waals surface area contributed by atoms with Crippen LogP contribution in [0.1, 0.15) is 10.4 Å². The molecule has 2 rings (SSSR count). The van der Waals surface area contributed by atoms with E-state index in [0.717, 1.165) is 0 Å². The Labute approximate surface area is 105 Å². The minimum Gasteiger partial charge on any atom is -0.494 e. The van der Waals surface area contributed by atoms with Crippen LogP contribution in [0.25, 0.3) is 0 Å². The molecule has 4 N–H and O–H groups in total. The summed E-state index contributed by atoms with van der Waals surface area (Å²) in [7, 11) is 1.44. The van der Waals surface area contributed by atoms with Gasteiger partial charge in [0.1, 0.15) is 0 Å². The third kappa shape index (κ3) is 2.12. The van der Waals surface area contributed by atoms with Crippen LogP contribution in [-0.2, 0) is 0 Å². The van der Waals surface area contributed by atoms with Crippen LogP contribution in [0.4, 0.5) is 5.69 Å². The van der Waals surface area contributed by atoms with Gasteiger partial charge in [0.05, 0.1) is 30.6 Å². The first-order chi connectivity index (χ1) is 8.54. The lowest BCUT2D eigenvalue weighted by atomic mass is 10.1. The molecular formula is C12H16N2O4. The molecule has 1 amide bonds. The summed E-state index contributed by atoms with van der Waals surface area (Å²) in [5.41, 5.74) is 6.44. The van der Waals surface area contributed by atoms with Gasteiger partial charge in [0.15, 0.2) is 5.75 Å². The first kappa shape index (κ1) is 12.7. The van der Waals surface area contributed by atoms with E-state index in [-0.39, 0.29) is 19.0 Å². The Morgan fingerprint density at radius 3 is 2.56 bits per heavy atom. The summed E-state index contributed by atoms with van der Waals surface area (Å²) in [4.78, 5) is 13.6. The lowest BCUT2D eigenvalue weighted by Gasteiger charge is -2.17. The Kier molecular flexibility index (Phi) is 3.40. The average molecular weight is 252 g/mol.